The van der Waals surface area contributed by atoms with Gasteiger partial charge in [-0.25, -0.2) is 0 Å². The van der Waals surface area contributed by atoms with Crippen molar-refractivity contribution >= 4 is 5.97 Å². The lowest BCUT2D eigenvalue weighted by Crippen LogP contribution is -1.91. The molecular formula is C8H8FNO. The van der Waals surface area contributed by atoms with E-state index in [9.17, 15) is 4.39 Å². The lowest BCUT2D eigenvalue weighted by Gasteiger charge is -1.93. The Morgan fingerprint density at radius 1 is 1.36 bits per heavy atom. The molecule has 0 aliphatic rings. The molecule has 0 bridgehead atoms. The highest BCUT2D eigenvalue weighted by Crippen LogP contribution is 2.01. The molecule has 1 rings (SSSR count). The third-order valence-electron chi connectivity index (χ3n) is 1.18. The third kappa shape index (κ3) is 2.04. The third-order valence-corrected chi connectivity index (χ3v) is 1.18. The van der Waals surface area contributed by atoms with Crippen LogP contribution in [-0.2, 0) is 4.84 Å². The molecule has 0 radical (unpaired) electrons. The summed E-state index contributed by atoms with van der Waals surface area (Å²) in [5, 5.41) is 3.14. The molecule has 0 aliphatic heterocycles. The molecule has 0 heterocycles. The Kier molecular flexibility index (Phi) is 2.60. The van der Waals surface area contributed by atoms with Gasteiger partial charge in [0, 0.05) is 5.56 Å². The Morgan fingerprint density at radius 2 is 2.00 bits per heavy atom. The summed E-state index contributed by atoms with van der Waals surface area (Å²) in [5.41, 5.74) is 0.425. The first-order chi connectivity index (χ1) is 5.34. The molecule has 0 saturated carbocycles. The predicted molar refractivity (Wildman–Crippen MR) is 41.1 cm³/mol. The highest BCUT2D eigenvalue weighted by atomic mass is 19.1. The fourth-order valence-electron chi connectivity index (χ4n) is 0.709. The number of oxime groups is 1. The van der Waals surface area contributed by atoms with Crippen LogP contribution in [0.4, 0.5) is 4.39 Å². The molecule has 1 aromatic rings. The van der Waals surface area contributed by atoms with E-state index >= 15 is 0 Å². The van der Waals surface area contributed by atoms with E-state index in [1.165, 1.54) is 7.11 Å². The van der Waals surface area contributed by atoms with Gasteiger partial charge in [-0.3, -0.25) is 0 Å². The molecule has 0 spiro atoms. The SMILES string of the molecule is CON=C(F)c1ccccc1. The van der Waals surface area contributed by atoms with E-state index in [1.807, 2.05) is 6.07 Å². The zero-order valence-corrected chi connectivity index (χ0v) is 6.12. The van der Waals surface area contributed by atoms with Crippen LogP contribution in [0, 0.1) is 0 Å². The maximum absolute atomic E-state index is 12.8. The molecular weight excluding hydrogens is 145 g/mol. The van der Waals surface area contributed by atoms with Crippen molar-refractivity contribution in [1.29, 1.82) is 0 Å². The summed E-state index contributed by atoms with van der Waals surface area (Å²) in [4.78, 5) is 4.27. The largest absolute Gasteiger partial charge is 0.397 e. The minimum Gasteiger partial charge on any atom is -0.397 e. The Bertz CT molecular complexity index is 246. The number of hydrogen-bond acceptors (Lipinski definition) is 2. The van der Waals surface area contributed by atoms with Gasteiger partial charge in [0.15, 0.2) is 0 Å². The van der Waals surface area contributed by atoms with Crippen molar-refractivity contribution < 1.29 is 9.23 Å². The van der Waals surface area contributed by atoms with E-state index < -0.39 is 5.97 Å². The smallest absolute Gasteiger partial charge is 0.256 e. The van der Waals surface area contributed by atoms with Crippen molar-refractivity contribution in [3.63, 3.8) is 0 Å². The highest BCUT2D eigenvalue weighted by molar-refractivity contribution is 5.92. The molecule has 0 unspecified atom stereocenters. The van der Waals surface area contributed by atoms with Gasteiger partial charge in [-0.15, -0.1) is 0 Å². The number of nitrogens with zero attached hydrogens (tertiary/aromatic N) is 1. The van der Waals surface area contributed by atoms with Gasteiger partial charge in [0.1, 0.15) is 7.11 Å². The number of halogens is 1. The minimum atomic E-state index is -0.604. The summed E-state index contributed by atoms with van der Waals surface area (Å²) in [7, 11) is 1.31. The van der Waals surface area contributed by atoms with Crippen molar-refractivity contribution in [2.75, 3.05) is 7.11 Å². The average Bonchev–Trinajstić information content (AvgIpc) is 2.07. The Morgan fingerprint density at radius 3 is 2.55 bits per heavy atom. The topological polar surface area (TPSA) is 21.6 Å². The highest BCUT2D eigenvalue weighted by Gasteiger charge is 1.98. The van der Waals surface area contributed by atoms with Crippen molar-refractivity contribution in [3.8, 4) is 0 Å². The van der Waals surface area contributed by atoms with Crippen molar-refractivity contribution in [1.82, 2.24) is 0 Å². The second-order valence-electron chi connectivity index (χ2n) is 1.93. The lowest BCUT2D eigenvalue weighted by atomic mass is 10.2. The minimum absolute atomic E-state index is 0.425. The van der Waals surface area contributed by atoms with Crippen LogP contribution in [0.3, 0.4) is 0 Å². The van der Waals surface area contributed by atoms with E-state index in [1.54, 1.807) is 24.3 Å². The van der Waals surface area contributed by atoms with Crippen molar-refractivity contribution in [3.05, 3.63) is 35.9 Å². The fourth-order valence-corrected chi connectivity index (χ4v) is 0.709. The molecule has 1 aromatic carbocycles. The lowest BCUT2D eigenvalue weighted by molar-refractivity contribution is 0.209. The standard InChI is InChI=1S/C8H8FNO/c1-11-10-8(9)7-5-3-2-4-6-7/h2-6H,1H3. The van der Waals surface area contributed by atoms with Gasteiger partial charge in [-0.2, -0.15) is 4.39 Å². The molecule has 11 heavy (non-hydrogen) atoms. The molecule has 0 amide bonds. The van der Waals surface area contributed by atoms with Crippen LogP contribution >= 0.6 is 0 Å². The summed E-state index contributed by atoms with van der Waals surface area (Å²) in [5.74, 6) is -0.604. The molecule has 0 saturated heterocycles. The van der Waals surface area contributed by atoms with Crippen LogP contribution in [-0.4, -0.2) is 13.1 Å². The quantitative estimate of drug-likeness (QED) is 0.470. The van der Waals surface area contributed by atoms with E-state index in [4.69, 9.17) is 0 Å². The van der Waals surface area contributed by atoms with Crippen LogP contribution < -0.4 is 0 Å². The summed E-state index contributed by atoms with van der Waals surface area (Å²) in [6.45, 7) is 0. The summed E-state index contributed by atoms with van der Waals surface area (Å²) in [6.07, 6.45) is 0. The van der Waals surface area contributed by atoms with E-state index in [0.29, 0.717) is 5.56 Å². The zero-order chi connectivity index (χ0) is 8.10. The van der Waals surface area contributed by atoms with Gasteiger partial charge >= 0.3 is 0 Å². The van der Waals surface area contributed by atoms with E-state index in [2.05, 4.69) is 9.99 Å². The van der Waals surface area contributed by atoms with Crippen LogP contribution in [0.25, 0.3) is 0 Å². The van der Waals surface area contributed by atoms with Gasteiger partial charge in [0.25, 0.3) is 5.97 Å². The van der Waals surface area contributed by atoms with Gasteiger partial charge in [0.2, 0.25) is 0 Å². The van der Waals surface area contributed by atoms with E-state index in [-0.39, 0.29) is 0 Å². The Hall–Kier alpha value is -1.38. The summed E-state index contributed by atoms with van der Waals surface area (Å²) < 4.78 is 12.8. The first kappa shape index (κ1) is 7.72. The Balaban J connectivity index is 2.85. The first-order valence-corrected chi connectivity index (χ1v) is 3.16. The monoisotopic (exact) mass is 153 g/mol. The maximum Gasteiger partial charge on any atom is 0.256 e. The van der Waals surface area contributed by atoms with Gasteiger partial charge in [0.05, 0.1) is 0 Å². The molecule has 2 nitrogen and oxygen atoms in total. The van der Waals surface area contributed by atoms with Gasteiger partial charge in [-0.1, -0.05) is 35.5 Å². The zero-order valence-electron chi connectivity index (χ0n) is 6.12. The molecule has 0 N–H and O–H groups in total. The van der Waals surface area contributed by atoms with E-state index in [0.717, 1.165) is 0 Å². The number of benzene rings is 1. The molecule has 3 heteroatoms. The summed E-state index contributed by atoms with van der Waals surface area (Å²) >= 11 is 0. The van der Waals surface area contributed by atoms with Crippen molar-refractivity contribution in [2.45, 2.75) is 0 Å². The first-order valence-electron chi connectivity index (χ1n) is 3.16. The van der Waals surface area contributed by atoms with Crippen LogP contribution in [0.15, 0.2) is 35.5 Å². The molecule has 0 aliphatic carbocycles. The second-order valence-corrected chi connectivity index (χ2v) is 1.93. The number of rotatable bonds is 2. The molecule has 0 atom stereocenters. The van der Waals surface area contributed by atoms with Crippen LogP contribution in [0.1, 0.15) is 5.56 Å². The normalized spacial score (nSPS) is 11.3. The Labute approximate surface area is 64.3 Å². The molecule has 58 valence electrons. The van der Waals surface area contributed by atoms with Crippen LogP contribution in [0.5, 0.6) is 0 Å². The predicted octanol–water partition coefficient (Wildman–Crippen LogP) is 1.96. The fraction of sp³-hybridized carbons (Fsp3) is 0.125. The summed E-state index contributed by atoms with van der Waals surface area (Å²) in [6, 6.07) is 8.53. The van der Waals surface area contributed by atoms with Gasteiger partial charge in [-0.05, 0) is 0 Å². The second kappa shape index (κ2) is 3.71. The van der Waals surface area contributed by atoms with Crippen molar-refractivity contribution in [2.24, 2.45) is 5.16 Å². The number of hydrogen-bond donors (Lipinski definition) is 0. The van der Waals surface area contributed by atoms with Crippen LogP contribution in [0.2, 0.25) is 0 Å². The average molecular weight is 153 g/mol. The molecule has 0 fully saturated rings. The molecule has 0 aromatic heterocycles. The maximum atomic E-state index is 12.8. The van der Waals surface area contributed by atoms with Gasteiger partial charge < -0.3 is 4.84 Å².